The number of guanidine groups is 1. The molecule has 0 unspecified atom stereocenters. The van der Waals surface area contributed by atoms with Crippen LogP contribution in [0.5, 0.6) is 0 Å². The smallest absolute Gasteiger partial charge is 0.193 e. The Kier molecular flexibility index (Phi) is 6.81. The van der Waals surface area contributed by atoms with E-state index < -0.39 is 0 Å². The van der Waals surface area contributed by atoms with Crippen molar-refractivity contribution in [2.45, 2.75) is 13.1 Å². The van der Waals surface area contributed by atoms with Crippen LogP contribution in [0.3, 0.4) is 0 Å². The minimum absolute atomic E-state index is 0.226. The number of morpholine rings is 1. The summed E-state index contributed by atoms with van der Waals surface area (Å²) >= 11 is 0. The van der Waals surface area contributed by atoms with Crippen LogP contribution >= 0.6 is 0 Å². The molecule has 0 spiro atoms. The van der Waals surface area contributed by atoms with Gasteiger partial charge in [0.25, 0.3) is 0 Å². The second kappa shape index (κ2) is 9.50. The second-order valence-corrected chi connectivity index (χ2v) is 6.77. The maximum Gasteiger partial charge on any atom is 0.193 e. The van der Waals surface area contributed by atoms with E-state index in [1.165, 1.54) is 12.1 Å². The van der Waals surface area contributed by atoms with Crippen molar-refractivity contribution in [2.24, 2.45) is 4.99 Å². The molecule has 5 nitrogen and oxygen atoms in total. The van der Waals surface area contributed by atoms with E-state index in [0.29, 0.717) is 51.0 Å². The van der Waals surface area contributed by atoms with E-state index in [1.807, 2.05) is 29.0 Å². The Bertz CT molecular complexity index is 805. The molecule has 1 heterocycles. The normalized spacial score (nSPS) is 14.9. The molecule has 28 heavy (non-hydrogen) atoms. The monoisotopic (exact) mass is 388 g/mol. The molecule has 0 aromatic heterocycles. The summed E-state index contributed by atoms with van der Waals surface area (Å²) in [5.74, 6) is 0.203. The number of benzene rings is 2. The van der Waals surface area contributed by atoms with Crippen LogP contribution in [-0.4, -0.2) is 51.3 Å². The number of ether oxygens (including phenoxy) is 1. The fraction of sp³-hybridized carbons (Fsp3) is 0.381. The van der Waals surface area contributed by atoms with Gasteiger partial charge >= 0.3 is 0 Å². The minimum Gasteiger partial charge on any atom is -0.378 e. The molecule has 2 aromatic rings. The average Bonchev–Trinajstić information content (AvgIpc) is 2.71. The van der Waals surface area contributed by atoms with E-state index in [4.69, 9.17) is 4.74 Å². The molecule has 0 aliphatic carbocycles. The lowest BCUT2D eigenvalue weighted by molar-refractivity contribution is 0.122. The van der Waals surface area contributed by atoms with Crippen LogP contribution in [0.4, 0.5) is 14.5 Å². The first-order chi connectivity index (χ1) is 13.6. The van der Waals surface area contributed by atoms with Gasteiger partial charge in [-0.25, -0.2) is 8.78 Å². The van der Waals surface area contributed by atoms with Crippen molar-refractivity contribution in [3.05, 3.63) is 65.2 Å². The van der Waals surface area contributed by atoms with Crippen molar-refractivity contribution in [3.8, 4) is 0 Å². The first-order valence-electron chi connectivity index (χ1n) is 9.34. The van der Waals surface area contributed by atoms with Crippen molar-refractivity contribution in [2.75, 3.05) is 45.3 Å². The molecule has 1 fully saturated rings. The molecule has 2 aromatic carbocycles. The van der Waals surface area contributed by atoms with Crippen LogP contribution in [0.15, 0.2) is 47.5 Å². The zero-order chi connectivity index (χ0) is 19.9. The van der Waals surface area contributed by atoms with Crippen molar-refractivity contribution in [1.29, 1.82) is 0 Å². The predicted octanol–water partition coefficient (Wildman–Crippen LogP) is 3.01. The lowest BCUT2D eigenvalue weighted by atomic mass is 10.1. The molecule has 0 radical (unpaired) electrons. The standard InChI is InChI=1S/C21H26F2N4O/c1-24-21(26(2)15-16-3-6-18(22)7-4-16)25-14-17-5-8-20(19(23)13-17)27-9-11-28-12-10-27/h3-8,13H,9-12,14-15H2,1-2H3,(H,24,25). The highest BCUT2D eigenvalue weighted by molar-refractivity contribution is 5.79. The zero-order valence-corrected chi connectivity index (χ0v) is 16.3. The molecule has 0 saturated carbocycles. The van der Waals surface area contributed by atoms with Crippen molar-refractivity contribution >= 4 is 11.6 Å². The summed E-state index contributed by atoms with van der Waals surface area (Å²) in [6.45, 7) is 3.70. The van der Waals surface area contributed by atoms with Gasteiger partial charge in [-0.2, -0.15) is 0 Å². The molecule has 0 bridgehead atoms. The van der Waals surface area contributed by atoms with E-state index in [0.717, 1.165) is 11.1 Å². The molecule has 1 saturated heterocycles. The van der Waals surface area contributed by atoms with Gasteiger partial charge in [0.05, 0.1) is 18.9 Å². The van der Waals surface area contributed by atoms with Crippen molar-refractivity contribution < 1.29 is 13.5 Å². The fourth-order valence-electron chi connectivity index (χ4n) is 3.23. The van der Waals surface area contributed by atoms with Gasteiger partial charge in [-0.15, -0.1) is 0 Å². The number of anilines is 1. The van der Waals surface area contributed by atoms with Gasteiger partial charge in [-0.05, 0) is 35.4 Å². The van der Waals surface area contributed by atoms with Crippen LogP contribution < -0.4 is 10.2 Å². The molecule has 0 atom stereocenters. The number of hydrogen-bond acceptors (Lipinski definition) is 3. The fourth-order valence-corrected chi connectivity index (χ4v) is 3.23. The third-order valence-corrected chi connectivity index (χ3v) is 4.72. The Hall–Kier alpha value is -2.67. The third-order valence-electron chi connectivity index (χ3n) is 4.72. The molecule has 1 aliphatic rings. The number of nitrogens with one attached hydrogen (secondary N) is 1. The SMILES string of the molecule is CN=C(NCc1ccc(N2CCOCC2)c(F)c1)N(C)Cc1ccc(F)cc1. The first kappa shape index (κ1) is 20.1. The summed E-state index contributed by atoms with van der Waals surface area (Å²) in [5.41, 5.74) is 2.43. The first-order valence-corrected chi connectivity index (χ1v) is 9.34. The van der Waals surface area contributed by atoms with E-state index in [-0.39, 0.29) is 11.6 Å². The maximum atomic E-state index is 14.5. The summed E-state index contributed by atoms with van der Waals surface area (Å²) < 4.78 is 32.9. The van der Waals surface area contributed by atoms with Crippen LogP contribution in [0.25, 0.3) is 0 Å². The minimum atomic E-state index is -0.253. The maximum absolute atomic E-state index is 14.5. The quantitative estimate of drug-likeness (QED) is 0.632. The average molecular weight is 388 g/mol. The molecule has 0 amide bonds. The molecular formula is C21H26F2N4O. The van der Waals surface area contributed by atoms with Gasteiger partial charge in [0, 0.05) is 40.3 Å². The molecule has 150 valence electrons. The summed E-state index contributed by atoms with van der Waals surface area (Å²) in [6, 6.07) is 11.7. The topological polar surface area (TPSA) is 40.1 Å². The Morgan fingerprint density at radius 2 is 1.79 bits per heavy atom. The van der Waals surface area contributed by atoms with E-state index in [9.17, 15) is 8.78 Å². The lowest BCUT2D eigenvalue weighted by Gasteiger charge is -2.29. The Morgan fingerprint density at radius 1 is 1.11 bits per heavy atom. The van der Waals surface area contributed by atoms with E-state index in [1.54, 1.807) is 25.2 Å². The van der Waals surface area contributed by atoms with Gasteiger partial charge in [0.15, 0.2) is 5.96 Å². The third kappa shape index (κ3) is 5.19. The summed E-state index contributed by atoms with van der Waals surface area (Å²) in [6.07, 6.45) is 0. The lowest BCUT2D eigenvalue weighted by Crippen LogP contribution is -2.38. The Balaban J connectivity index is 1.58. The molecule has 3 rings (SSSR count). The van der Waals surface area contributed by atoms with Crippen LogP contribution in [0.2, 0.25) is 0 Å². The highest BCUT2D eigenvalue weighted by Crippen LogP contribution is 2.21. The van der Waals surface area contributed by atoms with Crippen molar-refractivity contribution in [1.82, 2.24) is 10.2 Å². The number of rotatable bonds is 5. The highest BCUT2D eigenvalue weighted by atomic mass is 19.1. The number of hydrogen-bond donors (Lipinski definition) is 1. The van der Waals surface area contributed by atoms with Gasteiger partial charge < -0.3 is 19.9 Å². The Labute approximate surface area is 164 Å². The van der Waals surface area contributed by atoms with Crippen LogP contribution in [-0.2, 0) is 17.8 Å². The predicted molar refractivity (Wildman–Crippen MR) is 107 cm³/mol. The molecule has 7 heteroatoms. The highest BCUT2D eigenvalue weighted by Gasteiger charge is 2.15. The molecule has 1 N–H and O–H groups in total. The largest absolute Gasteiger partial charge is 0.378 e. The van der Waals surface area contributed by atoms with Crippen LogP contribution in [0, 0.1) is 11.6 Å². The van der Waals surface area contributed by atoms with E-state index in [2.05, 4.69) is 10.3 Å². The van der Waals surface area contributed by atoms with Gasteiger partial charge in [0.1, 0.15) is 11.6 Å². The zero-order valence-electron chi connectivity index (χ0n) is 16.3. The molecular weight excluding hydrogens is 362 g/mol. The Morgan fingerprint density at radius 3 is 2.43 bits per heavy atom. The number of halogens is 2. The summed E-state index contributed by atoms with van der Waals surface area (Å²) in [4.78, 5) is 8.21. The second-order valence-electron chi connectivity index (χ2n) is 6.77. The summed E-state index contributed by atoms with van der Waals surface area (Å²) in [5, 5.41) is 3.24. The van der Waals surface area contributed by atoms with Gasteiger partial charge in [0.2, 0.25) is 0 Å². The number of aliphatic imine (C=N–C) groups is 1. The number of nitrogens with zero attached hydrogens (tertiary/aromatic N) is 3. The van der Waals surface area contributed by atoms with Gasteiger partial charge in [-0.3, -0.25) is 4.99 Å². The van der Waals surface area contributed by atoms with Gasteiger partial charge in [-0.1, -0.05) is 18.2 Å². The molecule has 1 aliphatic heterocycles. The van der Waals surface area contributed by atoms with Crippen LogP contribution in [0.1, 0.15) is 11.1 Å². The van der Waals surface area contributed by atoms with E-state index >= 15 is 0 Å². The summed E-state index contributed by atoms with van der Waals surface area (Å²) in [7, 11) is 3.60. The van der Waals surface area contributed by atoms with Crippen molar-refractivity contribution in [3.63, 3.8) is 0 Å².